The Morgan fingerprint density at radius 1 is 1.27 bits per heavy atom. The van der Waals surface area contributed by atoms with E-state index in [9.17, 15) is 15.3 Å². The smallest absolute Gasteiger partial charge is 0.115 e. The number of phenols is 1. The molecule has 3 fully saturated rings. The van der Waals surface area contributed by atoms with E-state index in [4.69, 9.17) is 0 Å². The van der Waals surface area contributed by atoms with E-state index < -0.39 is 17.1 Å². The van der Waals surface area contributed by atoms with E-state index >= 15 is 0 Å². The summed E-state index contributed by atoms with van der Waals surface area (Å²) in [6, 6.07) is 5.64. The van der Waals surface area contributed by atoms with E-state index in [2.05, 4.69) is 10.2 Å². The number of aliphatic hydroxyl groups excluding tert-OH is 1. The van der Waals surface area contributed by atoms with Gasteiger partial charge in [-0.2, -0.15) is 0 Å². The average molecular weight is 358 g/mol. The molecule has 2 saturated carbocycles. The maximum Gasteiger partial charge on any atom is 0.115 e. The molecule has 4 N–H and O–H groups in total. The number of benzene rings is 1. The molecule has 4 aliphatic rings. The third kappa shape index (κ3) is 2.24. The van der Waals surface area contributed by atoms with Gasteiger partial charge in [0, 0.05) is 24.0 Å². The molecule has 5 rings (SSSR count). The molecule has 142 valence electrons. The second-order valence-corrected chi connectivity index (χ2v) is 9.13. The van der Waals surface area contributed by atoms with Crippen LogP contribution in [0.15, 0.2) is 18.2 Å². The first-order valence-corrected chi connectivity index (χ1v) is 10.1. The molecule has 2 bridgehead atoms. The van der Waals surface area contributed by atoms with Crippen molar-refractivity contribution < 1.29 is 15.3 Å². The SMILES string of the molecule is CN[C@@H]1C[C@@]2(O)[C@H]3Cc4ccc(O)cc4C2(CCN3CC2CC2)C[C@@H]1O. The maximum absolute atomic E-state index is 12.1. The minimum Gasteiger partial charge on any atom is -0.508 e. The van der Waals surface area contributed by atoms with Crippen molar-refractivity contribution >= 4 is 0 Å². The van der Waals surface area contributed by atoms with Crippen LogP contribution >= 0.6 is 0 Å². The number of hydrogen-bond donors (Lipinski definition) is 4. The fourth-order valence-corrected chi connectivity index (χ4v) is 6.23. The highest BCUT2D eigenvalue weighted by atomic mass is 16.3. The first kappa shape index (κ1) is 17.0. The lowest BCUT2D eigenvalue weighted by Crippen LogP contribution is -2.76. The summed E-state index contributed by atoms with van der Waals surface area (Å²) in [7, 11) is 1.87. The Morgan fingerprint density at radius 3 is 2.81 bits per heavy atom. The highest BCUT2D eigenvalue weighted by Gasteiger charge is 2.66. The zero-order valence-electron chi connectivity index (χ0n) is 15.5. The quantitative estimate of drug-likeness (QED) is 0.652. The maximum atomic E-state index is 12.1. The molecule has 5 nitrogen and oxygen atoms in total. The standard InChI is InChI=1S/C21H30N2O3/c1-22-17-10-21(26)19-8-14-4-5-15(24)9-16(14)20(21,11-18(17)25)6-7-23(19)12-13-2-3-13/h4-5,9,13,17-19,22,24-26H,2-3,6-8,10-12H2,1H3/t17-,18+,19-,20?,21-/m1/s1. The number of piperidine rings is 1. The number of nitrogens with one attached hydrogen (secondary N) is 1. The minimum absolute atomic E-state index is 0.0876. The summed E-state index contributed by atoms with van der Waals surface area (Å²) >= 11 is 0. The van der Waals surface area contributed by atoms with E-state index in [0.29, 0.717) is 12.8 Å². The van der Waals surface area contributed by atoms with Gasteiger partial charge in [0.15, 0.2) is 0 Å². The van der Waals surface area contributed by atoms with Gasteiger partial charge in [-0.05, 0) is 81.3 Å². The van der Waals surface area contributed by atoms with Crippen LogP contribution in [-0.4, -0.2) is 64.1 Å². The predicted molar refractivity (Wildman–Crippen MR) is 99.2 cm³/mol. The number of hydrogen-bond acceptors (Lipinski definition) is 5. The molecular formula is C21H30N2O3. The average Bonchev–Trinajstić information content (AvgIpc) is 3.42. The van der Waals surface area contributed by atoms with Crippen molar-refractivity contribution in [3.05, 3.63) is 29.3 Å². The molecule has 5 heteroatoms. The third-order valence-electron chi connectivity index (χ3n) is 7.78. The molecule has 0 spiro atoms. The van der Waals surface area contributed by atoms with Crippen molar-refractivity contribution in [3.8, 4) is 5.75 Å². The van der Waals surface area contributed by atoms with E-state index in [1.807, 2.05) is 19.2 Å². The highest BCUT2D eigenvalue weighted by Crippen LogP contribution is 2.58. The summed E-state index contributed by atoms with van der Waals surface area (Å²) in [6.07, 6.45) is 4.93. The van der Waals surface area contributed by atoms with Gasteiger partial charge in [-0.15, -0.1) is 0 Å². The van der Waals surface area contributed by atoms with Crippen LogP contribution in [-0.2, 0) is 11.8 Å². The number of aliphatic hydroxyl groups is 2. The fraction of sp³-hybridized carbons (Fsp3) is 0.714. The topological polar surface area (TPSA) is 76.0 Å². The monoisotopic (exact) mass is 358 g/mol. The first-order valence-electron chi connectivity index (χ1n) is 10.1. The molecule has 1 aromatic carbocycles. The summed E-state index contributed by atoms with van der Waals surface area (Å²) in [4.78, 5) is 2.52. The second kappa shape index (κ2) is 5.68. The van der Waals surface area contributed by atoms with Crippen molar-refractivity contribution in [2.75, 3.05) is 20.1 Å². The summed E-state index contributed by atoms with van der Waals surface area (Å²) in [5.74, 6) is 1.05. The van der Waals surface area contributed by atoms with Gasteiger partial charge in [-0.1, -0.05) is 6.07 Å². The molecule has 1 aliphatic heterocycles. The van der Waals surface area contributed by atoms with Gasteiger partial charge in [0.05, 0.1) is 11.7 Å². The normalized spacial score (nSPS) is 42.2. The van der Waals surface area contributed by atoms with Crippen molar-refractivity contribution in [3.63, 3.8) is 0 Å². The van der Waals surface area contributed by atoms with Gasteiger partial charge in [0.2, 0.25) is 0 Å². The first-order chi connectivity index (χ1) is 12.5. The zero-order valence-corrected chi connectivity index (χ0v) is 15.5. The fourth-order valence-electron chi connectivity index (χ4n) is 6.23. The van der Waals surface area contributed by atoms with E-state index in [0.717, 1.165) is 37.4 Å². The second-order valence-electron chi connectivity index (χ2n) is 9.13. The Labute approximate surface area is 155 Å². The molecule has 1 heterocycles. The Kier molecular flexibility index (Phi) is 3.71. The number of rotatable bonds is 3. The van der Waals surface area contributed by atoms with Crippen molar-refractivity contribution in [1.29, 1.82) is 0 Å². The number of nitrogens with zero attached hydrogens (tertiary/aromatic N) is 1. The molecule has 0 radical (unpaired) electrons. The van der Waals surface area contributed by atoms with E-state index in [1.54, 1.807) is 6.07 Å². The molecule has 1 aromatic rings. The van der Waals surface area contributed by atoms with Crippen LogP contribution in [0.1, 0.15) is 43.2 Å². The highest BCUT2D eigenvalue weighted by molar-refractivity contribution is 5.48. The van der Waals surface area contributed by atoms with Gasteiger partial charge in [-0.25, -0.2) is 0 Å². The molecule has 1 unspecified atom stereocenters. The van der Waals surface area contributed by atoms with Crippen LogP contribution in [0.5, 0.6) is 5.75 Å². The Hall–Kier alpha value is -1.14. The van der Waals surface area contributed by atoms with Gasteiger partial charge in [0.1, 0.15) is 5.75 Å². The molecule has 26 heavy (non-hydrogen) atoms. The summed E-state index contributed by atoms with van der Waals surface area (Å²) in [5.41, 5.74) is 0.967. The molecule has 1 saturated heterocycles. The lowest BCUT2D eigenvalue weighted by molar-refractivity contribution is -0.189. The van der Waals surface area contributed by atoms with Gasteiger partial charge in [0.25, 0.3) is 0 Å². The van der Waals surface area contributed by atoms with Crippen LogP contribution in [0.2, 0.25) is 0 Å². The molecule has 5 atom stereocenters. The molecule has 3 aliphatic carbocycles. The Bertz CT molecular complexity index is 721. The van der Waals surface area contributed by atoms with Crippen molar-refractivity contribution in [2.24, 2.45) is 5.92 Å². The molecular weight excluding hydrogens is 328 g/mol. The molecule has 0 aromatic heterocycles. The number of likely N-dealkylation sites (N-methyl/N-ethyl adjacent to an activating group) is 1. The largest absolute Gasteiger partial charge is 0.508 e. The number of aromatic hydroxyl groups is 1. The Morgan fingerprint density at radius 2 is 2.08 bits per heavy atom. The van der Waals surface area contributed by atoms with Gasteiger partial charge < -0.3 is 20.6 Å². The van der Waals surface area contributed by atoms with Crippen LogP contribution in [0.25, 0.3) is 0 Å². The van der Waals surface area contributed by atoms with E-state index in [-0.39, 0.29) is 17.8 Å². The lowest BCUT2D eigenvalue weighted by atomic mass is 9.48. The van der Waals surface area contributed by atoms with Crippen LogP contribution in [0, 0.1) is 5.92 Å². The Balaban J connectivity index is 1.64. The predicted octanol–water partition coefficient (Wildman–Crippen LogP) is 1.14. The van der Waals surface area contributed by atoms with Crippen molar-refractivity contribution in [2.45, 2.75) is 67.7 Å². The number of phenolic OH excluding ortho intramolecular Hbond substituents is 1. The zero-order chi connectivity index (χ0) is 18.1. The number of fused-ring (bicyclic) bond motifs is 1. The minimum atomic E-state index is -0.867. The van der Waals surface area contributed by atoms with Crippen LogP contribution in [0.4, 0.5) is 0 Å². The summed E-state index contributed by atoms with van der Waals surface area (Å²) in [5, 5.41) is 36.3. The third-order valence-corrected chi connectivity index (χ3v) is 7.78. The molecule has 0 amide bonds. The number of likely N-dealkylation sites (tertiary alicyclic amines) is 1. The van der Waals surface area contributed by atoms with Crippen LogP contribution in [0.3, 0.4) is 0 Å². The van der Waals surface area contributed by atoms with Gasteiger partial charge >= 0.3 is 0 Å². The van der Waals surface area contributed by atoms with Crippen LogP contribution < -0.4 is 5.32 Å². The van der Waals surface area contributed by atoms with Crippen molar-refractivity contribution in [1.82, 2.24) is 10.2 Å². The van der Waals surface area contributed by atoms with Gasteiger partial charge in [-0.3, -0.25) is 4.90 Å². The van der Waals surface area contributed by atoms with E-state index in [1.165, 1.54) is 18.4 Å². The summed E-state index contributed by atoms with van der Waals surface area (Å²) < 4.78 is 0. The summed E-state index contributed by atoms with van der Waals surface area (Å²) in [6.45, 7) is 2.05. The lowest BCUT2D eigenvalue weighted by Gasteiger charge is -2.65.